The van der Waals surface area contributed by atoms with E-state index >= 15 is 0 Å². The molecule has 12 heavy (non-hydrogen) atoms. The summed E-state index contributed by atoms with van der Waals surface area (Å²) in [6.07, 6.45) is 2.64. The molecule has 3 atom stereocenters. The van der Waals surface area contributed by atoms with Crippen LogP contribution in [-0.2, 0) is 0 Å². The lowest BCUT2D eigenvalue weighted by Gasteiger charge is -2.35. The maximum atomic E-state index is 13.0. The average molecular weight is 176 g/mol. The molecule has 0 bridgehead atoms. The van der Waals surface area contributed by atoms with Gasteiger partial charge in [-0.1, -0.05) is 20.3 Å². The SMILES string of the molecule is CC1CCC(C(C)(F)F)C(C)C1. The molecule has 1 aliphatic rings. The molecule has 0 aromatic carbocycles. The topological polar surface area (TPSA) is 0 Å². The van der Waals surface area contributed by atoms with Crippen molar-refractivity contribution in [2.75, 3.05) is 0 Å². The predicted octanol–water partition coefficient (Wildman–Crippen LogP) is 3.71. The summed E-state index contributed by atoms with van der Waals surface area (Å²) in [6.45, 7) is 5.17. The summed E-state index contributed by atoms with van der Waals surface area (Å²) in [7, 11) is 0. The third kappa shape index (κ3) is 2.18. The molecule has 0 spiro atoms. The van der Waals surface area contributed by atoms with Gasteiger partial charge in [-0.2, -0.15) is 0 Å². The van der Waals surface area contributed by atoms with Gasteiger partial charge in [-0.15, -0.1) is 0 Å². The predicted molar refractivity (Wildman–Crippen MR) is 46.3 cm³/mol. The van der Waals surface area contributed by atoms with Crippen LogP contribution in [-0.4, -0.2) is 5.92 Å². The molecule has 0 nitrogen and oxygen atoms in total. The summed E-state index contributed by atoms with van der Waals surface area (Å²) in [6, 6.07) is 0. The molecule has 0 aromatic rings. The Bertz CT molecular complexity index is 148. The average Bonchev–Trinajstić information content (AvgIpc) is 1.83. The zero-order valence-corrected chi connectivity index (χ0v) is 8.11. The van der Waals surface area contributed by atoms with Crippen molar-refractivity contribution in [3.8, 4) is 0 Å². The Kier molecular flexibility index (Phi) is 2.74. The molecule has 1 saturated carbocycles. The van der Waals surface area contributed by atoms with Crippen molar-refractivity contribution < 1.29 is 8.78 Å². The number of alkyl halides is 2. The van der Waals surface area contributed by atoms with E-state index in [4.69, 9.17) is 0 Å². The lowest BCUT2D eigenvalue weighted by atomic mass is 9.73. The van der Waals surface area contributed by atoms with Crippen molar-refractivity contribution in [2.45, 2.75) is 46.0 Å². The van der Waals surface area contributed by atoms with Gasteiger partial charge in [0.15, 0.2) is 0 Å². The molecule has 0 N–H and O–H groups in total. The van der Waals surface area contributed by atoms with Crippen LogP contribution in [0.5, 0.6) is 0 Å². The number of hydrogen-bond donors (Lipinski definition) is 0. The van der Waals surface area contributed by atoms with Gasteiger partial charge in [0, 0.05) is 5.92 Å². The van der Waals surface area contributed by atoms with Crippen molar-refractivity contribution in [1.82, 2.24) is 0 Å². The van der Waals surface area contributed by atoms with Crippen molar-refractivity contribution in [1.29, 1.82) is 0 Å². The van der Waals surface area contributed by atoms with Gasteiger partial charge in [0.25, 0.3) is 0 Å². The highest BCUT2D eigenvalue weighted by molar-refractivity contribution is 4.83. The highest BCUT2D eigenvalue weighted by atomic mass is 19.3. The molecule has 0 saturated heterocycles. The molecule has 3 unspecified atom stereocenters. The Morgan fingerprint density at radius 1 is 1.17 bits per heavy atom. The van der Waals surface area contributed by atoms with Crippen molar-refractivity contribution >= 4 is 0 Å². The summed E-state index contributed by atoms with van der Waals surface area (Å²) in [5, 5.41) is 0. The van der Waals surface area contributed by atoms with E-state index in [0.29, 0.717) is 12.3 Å². The Morgan fingerprint density at radius 2 is 1.75 bits per heavy atom. The molecule has 1 rings (SSSR count). The van der Waals surface area contributed by atoms with Crippen LogP contribution in [0.1, 0.15) is 40.0 Å². The van der Waals surface area contributed by atoms with Gasteiger partial charge >= 0.3 is 0 Å². The maximum Gasteiger partial charge on any atom is 0.248 e. The number of hydrogen-bond acceptors (Lipinski definition) is 0. The third-order valence-corrected chi connectivity index (χ3v) is 3.08. The van der Waals surface area contributed by atoms with Crippen LogP contribution in [0.25, 0.3) is 0 Å². The van der Waals surface area contributed by atoms with Crippen LogP contribution in [0.3, 0.4) is 0 Å². The van der Waals surface area contributed by atoms with Crippen LogP contribution in [0.4, 0.5) is 8.78 Å². The van der Waals surface area contributed by atoms with E-state index in [-0.39, 0.29) is 11.8 Å². The van der Waals surface area contributed by atoms with E-state index in [1.54, 1.807) is 0 Å². The second-order valence-corrected chi connectivity index (χ2v) is 4.46. The van der Waals surface area contributed by atoms with Crippen LogP contribution in [0.15, 0.2) is 0 Å². The number of rotatable bonds is 1. The fraction of sp³-hybridized carbons (Fsp3) is 1.00. The van der Waals surface area contributed by atoms with Crippen LogP contribution in [0, 0.1) is 17.8 Å². The molecule has 2 heteroatoms. The van der Waals surface area contributed by atoms with E-state index in [9.17, 15) is 8.78 Å². The van der Waals surface area contributed by atoms with Gasteiger partial charge < -0.3 is 0 Å². The summed E-state index contributed by atoms with van der Waals surface area (Å²) in [5.41, 5.74) is 0. The van der Waals surface area contributed by atoms with Crippen LogP contribution >= 0.6 is 0 Å². The minimum atomic E-state index is -2.47. The fourth-order valence-electron chi connectivity index (χ4n) is 2.42. The zero-order valence-electron chi connectivity index (χ0n) is 8.11. The second-order valence-electron chi connectivity index (χ2n) is 4.46. The molecule has 1 fully saturated rings. The van der Waals surface area contributed by atoms with Gasteiger partial charge in [0.1, 0.15) is 0 Å². The lowest BCUT2D eigenvalue weighted by Crippen LogP contribution is -2.34. The van der Waals surface area contributed by atoms with Gasteiger partial charge in [0.05, 0.1) is 0 Å². The highest BCUT2D eigenvalue weighted by Gasteiger charge is 2.40. The van der Waals surface area contributed by atoms with E-state index in [1.165, 1.54) is 0 Å². The van der Waals surface area contributed by atoms with E-state index in [2.05, 4.69) is 6.92 Å². The fourth-order valence-corrected chi connectivity index (χ4v) is 2.42. The Hall–Kier alpha value is -0.140. The molecular formula is C10H18F2. The lowest BCUT2D eigenvalue weighted by molar-refractivity contribution is -0.0785. The van der Waals surface area contributed by atoms with E-state index < -0.39 is 5.92 Å². The summed E-state index contributed by atoms with van der Waals surface area (Å²) < 4.78 is 26.0. The number of halogens is 2. The maximum absolute atomic E-state index is 13.0. The third-order valence-electron chi connectivity index (χ3n) is 3.08. The quantitative estimate of drug-likeness (QED) is 0.571. The van der Waals surface area contributed by atoms with Crippen molar-refractivity contribution in [3.63, 3.8) is 0 Å². The van der Waals surface area contributed by atoms with Crippen molar-refractivity contribution in [2.24, 2.45) is 17.8 Å². The van der Waals surface area contributed by atoms with Gasteiger partial charge in [0.2, 0.25) is 5.92 Å². The molecule has 1 aliphatic carbocycles. The largest absolute Gasteiger partial charge is 0.248 e. The first-order valence-electron chi connectivity index (χ1n) is 4.79. The molecule has 0 aromatic heterocycles. The molecule has 0 heterocycles. The van der Waals surface area contributed by atoms with Crippen molar-refractivity contribution in [3.05, 3.63) is 0 Å². The van der Waals surface area contributed by atoms with Crippen LogP contribution in [0.2, 0.25) is 0 Å². The summed E-state index contributed by atoms with van der Waals surface area (Å²) >= 11 is 0. The smallest absolute Gasteiger partial charge is 0.207 e. The monoisotopic (exact) mass is 176 g/mol. The van der Waals surface area contributed by atoms with Gasteiger partial charge in [-0.3, -0.25) is 0 Å². The first-order valence-corrected chi connectivity index (χ1v) is 4.79. The summed E-state index contributed by atoms with van der Waals surface area (Å²) in [4.78, 5) is 0. The zero-order chi connectivity index (χ0) is 9.35. The van der Waals surface area contributed by atoms with E-state index in [1.807, 2.05) is 6.92 Å². The first kappa shape index (κ1) is 9.94. The second kappa shape index (κ2) is 3.31. The molecule has 0 radical (unpaired) electrons. The first-order chi connectivity index (χ1) is 5.41. The minimum absolute atomic E-state index is 0.189. The van der Waals surface area contributed by atoms with Crippen LogP contribution < -0.4 is 0 Å². The standard InChI is InChI=1S/C10H18F2/c1-7-4-5-9(8(2)6-7)10(3,11)12/h7-9H,4-6H2,1-3H3. The molecule has 0 aliphatic heterocycles. The Labute approximate surface area is 73.3 Å². The molecule has 72 valence electrons. The normalized spacial score (nSPS) is 38.2. The molecule has 0 amide bonds. The Morgan fingerprint density at radius 3 is 2.17 bits per heavy atom. The highest BCUT2D eigenvalue weighted by Crippen LogP contribution is 2.41. The van der Waals surface area contributed by atoms with Gasteiger partial charge in [-0.25, -0.2) is 8.78 Å². The van der Waals surface area contributed by atoms with E-state index in [0.717, 1.165) is 19.8 Å². The minimum Gasteiger partial charge on any atom is -0.207 e. The molecular weight excluding hydrogens is 158 g/mol. The summed E-state index contributed by atoms with van der Waals surface area (Å²) in [5.74, 6) is -2.03. The van der Waals surface area contributed by atoms with Gasteiger partial charge in [-0.05, 0) is 31.6 Å². The Balaban J connectivity index is 2.57.